The zero-order chi connectivity index (χ0) is 19.4. The molecule has 1 fully saturated rings. The van der Waals surface area contributed by atoms with Gasteiger partial charge in [0.1, 0.15) is 0 Å². The first kappa shape index (κ1) is 19.1. The topological polar surface area (TPSA) is 76.5 Å². The SMILES string of the molecule is Cc1nn(C)c(C)c1CC(=O)NCc1ccc(C(=O)N2CCOCC2)cc1. The van der Waals surface area contributed by atoms with E-state index in [1.165, 1.54) is 0 Å². The van der Waals surface area contributed by atoms with E-state index in [-0.39, 0.29) is 11.8 Å². The zero-order valence-electron chi connectivity index (χ0n) is 16.1. The molecule has 1 aliphatic rings. The number of hydrogen-bond acceptors (Lipinski definition) is 4. The maximum Gasteiger partial charge on any atom is 0.254 e. The third kappa shape index (κ3) is 4.54. The number of rotatable bonds is 5. The van der Waals surface area contributed by atoms with Crippen LogP contribution in [-0.2, 0) is 29.5 Å². The second-order valence-corrected chi connectivity index (χ2v) is 6.83. The van der Waals surface area contributed by atoms with Crippen molar-refractivity contribution in [3.8, 4) is 0 Å². The van der Waals surface area contributed by atoms with Gasteiger partial charge in [-0.2, -0.15) is 5.10 Å². The summed E-state index contributed by atoms with van der Waals surface area (Å²) in [4.78, 5) is 26.5. The van der Waals surface area contributed by atoms with Crippen LogP contribution < -0.4 is 5.32 Å². The Hall–Kier alpha value is -2.67. The van der Waals surface area contributed by atoms with E-state index >= 15 is 0 Å². The largest absolute Gasteiger partial charge is 0.378 e. The van der Waals surface area contributed by atoms with E-state index in [9.17, 15) is 9.59 Å². The Morgan fingerprint density at radius 3 is 2.41 bits per heavy atom. The van der Waals surface area contributed by atoms with Crippen molar-refractivity contribution in [1.82, 2.24) is 20.0 Å². The molecule has 1 aromatic heterocycles. The Morgan fingerprint density at radius 1 is 1.15 bits per heavy atom. The quantitative estimate of drug-likeness (QED) is 0.862. The molecule has 0 unspecified atom stereocenters. The summed E-state index contributed by atoms with van der Waals surface area (Å²) in [5.41, 5.74) is 4.49. The van der Waals surface area contributed by atoms with Crippen molar-refractivity contribution in [2.45, 2.75) is 26.8 Å². The average molecular weight is 370 g/mol. The van der Waals surface area contributed by atoms with Crippen LogP contribution in [0.3, 0.4) is 0 Å². The van der Waals surface area contributed by atoms with E-state index in [1.807, 2.05) is 45.2 Å². The number of carbonyl (C=O) groups is 2. The normalized spacial score (nSPS) is 14.3. The van der Waals surface area contributed by atoms with Crippen LogP contribution in [0.2, 0.25) is 0 Å². The molecule has 0 aliphatic carbocycles. The van der Waals surface area contributed by atoms with E-state index in [4.69, 9.17) is 4.74 Å². The minimum atomic E-state index is -0.0392. The predicted molar refractivity (Wildman–Crippen MR) is 101 cm³/mol. The lowest BCUT2D eigenvalue weighted by Gasteiger charge is -2.26. The molecule has 7 heteroatoms. The van der Waals surface area contributed by atoms with Gasteiger partial charge >= 0.3 is 0 Å². The fourth-order valence-electron chi connectivity index (χ4n) is 3.21. The van der Waals surface area contributed by atoms with Crippen LogP contribution in [0, 0.1) is 13.8 Å². The third-order valence-corrected chi connectivity index (χ3v) is 4.99. The van der Waals surface area contributed by atoms with Gasteiger partial charge in [0.25, 0.3) is 5.91 Å². The van der Waals surface area contributed by atoms with Gasteiger partial charge in [-0.3, -0.25) is 14.3 Å². The van der Waals surface area contributed by atoms with Gasteiger partial charge in [0.2, 0.25) is 5.91 Å². The van der Waals surface area contributed by atoms with Crippen molar-refractivity contribution >= 4 is 11.8 Å². The van der Waals surface area contributed by atoms with Crippen molar-refractivity contribution in [2.24, 2.45) is 7.05 Å². The number of benzene rings is 1. The molecular weight excluding hydrogens is 344 g/mol. The smallest absolute Gasteiger partial charge is 0.254 e. The molecule has 1 N–H and O–H groups in total. The maximum atomic E-state index is 12.4. The van der Waals surface area contributed by atoms with Crippen LogP contribution in [-0.4, -0.2) is 52.8 Å². The van der Waals surface area contributed by atoms with E-state index in [2.05, 4.69) is 10.4 Å². The van der Waals surface area contributed by atoms with E-state index in [1.54, 1.807) is 9.58 Å². The Labute approximate surface area is 159 Å². The highest BCUT2D eigenvalue weighted by Gasteiger charge is 2.18. The highest BCUT2D eigenvalue weighted by atomic mass is 16.5. The van der Waals surface area contributed by atoms with Crippen molar-refractivity contribution in [3.63, 3.8) is 0 Å². The summed E-state index contributed by atoms with van der Waals surface area (Å²) >= 11 is 0. The molecule has 0 saturated carbocycles. The molecular formula is C20H26N4O3. The molecule has 1 aliphatic heterocycles. The first-order valence-corrected chi connectivity index (χ1v) is 9.17. The molecule has 0 bridgehead atoms. The average Bonchev–Trinajstić information content (AvgIpc) is 2.93. The Balaban J connectivity index is 1.53. The van der Waals surface area contributed by atoms with Gasteiger partial charge in [0, 0.05) is 43.5 Å². The van der Waals surface area contributed by atoms with Crippen LogP contribution in [0.1, 0.15) is 32.9 Å². The van der Waals surface area contributed by atoms with Gasteiger partial charge in [-0.25, -0.2) is 0 Å². The van der Waals surface area contributed by atoms with Crippen molar-refractivity contribution in [2.75, 3.05) is 26.3 Å². The number of morpholine rings is 1. The van der Waals surface area contributed by atoms with Gasteiger partial charge in [-0.15, -0.1) is 0 Å². The van der Waals surface area contributed by atoms with Crippen molar-refractivity contribution in [3.05, 3.63) is 52.3 Å². The number of aromatic nitrogens is 2. The molecule has 144 valence electrons. The van der Waals surface area contributed by atoms with E-state index in [0.717, 1.165) is 22.5 Å². The zero-order valence-corrected chi connectivity index (χ0v) is 16.1. The maximum absolute atomic E-state index is 12.4. The third-order valence-electron chi connectivity index (χ3n) is 4.99. The number of hydrogen-bond donors (Lipinski definition) is 1. The first-order valence-electron chi connectivity index (χ1n) is 9.17. The number of aryl methyl sites for hydroxylation is 2. The van der Waals surface area contributed by atoms with Crippen molar-refractivity contribution < 1.29 is 14.3 Å². The number of carbonyl (C=O) groups excluding carboxylic acids is 2. The standard InChI is InChI=1S/C20H26N4O3/c1-14-18(15(2)23(3)22-14)12-19(25)21-13-16-4-6-17(7-5-16)20(26)24-8-10-27-11-9-24/h4-7H,8-13H2,1-3H3,(H,21,25). The fourth-order valence-corrected chi connectivity index (χ4v) is 3.21. The first-order chi connectivity index (χ1) is 13.0. The van der Waals surface area contributed by atoms with Gasteiger partial charge in [-0.1, -0.05) is 12.1 Å². The molecule has 27 heavy (non-hydrogen) atoms. The lowest BCUT2D eigenvalue weighted by atomic mass is 10.1. The van der Waals surface area contributed by atoms with Crippen LogP contribution in [0.4, 0.5) is 0 Å². The Kier molecular flexibility index (Phi) is 5.91. The summed E-state index contributed by atoms with van der Waals surface area (Å²) in [5, 5.41) is 7.27. The molecule has 2 aromatic rings. The van der Waals surface area contributed by atoms with Crippen LogP contribution in [0.15, 0.2) is 24.3 Å². The number of ether oxygens (including phenoxy) is 1. The van der Waals surface area contributed by atoms with Crippen LogP contribution in [0.5, 0.6) is 0 Å². The van der Waals surface area contributed by atoms with Gasteiger partial charge in [0.15, 0.2) is 0 Å². The van der Waals surface area contributed by atoms with Gasteiger partial charge < -0.3 is 15.0 Å². The van der Waals surface area contributed by atoms with Crippen molar-refractivity contribution in [1.29, 1.82) is 0 Å². The summed E-state index contributed by atoms with van der Waals surface area (Å²) in [5.74, 6) is -0.0147. The van der Waals surface area contributed by atoms with E-state index in [0.29, 0.717) is 44.8 Å². The summed E-state index contributed by atoms with van der Waals surface area (Å²) < 4.78 is 7.07. The molecule has 0 spiro atoms. The molecule has 7 nitrogen and oxygen atoms in total. The van der Waals surface area contributed by atoms with Crippen LogP contribution in [0.25, 0.3) is 0 Å². The van der Waals surface area contributed by atoms with Gasteiger partial charge in [-0.05, 0) is 31.5 Å². The second kappa shape index (κ2) is 8.35. The minimum absolute atomic E-state index is 0.0245. The highest BCUT2D eigenvalue weighted by molar-refractivity contribution is 5.94. The second-order valence-electron chi connectivity index (χ2n) is 6.83. The minimum Gasteiger partial charge on any atom is -0.378 e. The molecule has 1 saturated heterocycles. The summed E-state index contributed by atoms with van der Waals surface area (Å²) in [6.45, 7) is 6.75. The lowest BCUT2D eigenvalue weighted by Crippen LogP contribution is -2.40. The fraction of sp³-hybridized carbons (Fsp3) is 0.450. The summed E-state index contributed by atoms with van der Waals surface area (Å²) in [6, 6.07) is 7.40. The molecule has 0 radical (unpaired) electrons. The lowest BCUT2D eigenvalue weighted by molar-refractivity contribution is -0.120. The number of nitrogens with zero attached hydrogens (tertiary/aromatic N) is 3. The number of amides is 2. The summed E-state index contributed by atoms with van der Waals surface area (Å²) in [6.07, 6.45) is 0.319. The molecule has 0 atom stereocenters. The van der Waals surface area contributed by atoms with Gasteiger partial charge in [0.05, 0.1) is 25.3 Å². The molecule has 2 amide bonds. The number of nitrogens with one attached hydrogen (secondary N) is 1. The Bertz CT molecular complexity index is 820. The Morgan fingerprint density at radius 2 is 1.81 bits per heavy atom. The molecule has 3 rings (SSSR count). The molecule has 2 heterocycles. The highest BCUT2D eigenvalue weighted by Crippen LogP contribution is 2.13. The van der Waals surface area contributed by atoms with Crippen LogP contribution >= 0.6 is 0 Å². The predicted octanol–water partition coefficient (Wildman–Crippen LogP) is 1.37. The molecule has 1 aromatic carbocycles. The van der Waals surface area contributed by atoms with E-state index < -0.39 is 0 Å². The monoisotopic (exact) mass is 370 g/mol. The summed E-state index contributed by atoms with van der Waals surface area (Å²) in [7, 11) is 1.88.